The molecule has 5 nitrogen and oxygen atoms in total. The molecular formula is C15H24N2O3S. The van der Waals surface area contributed by atoms with Gasteiger partial charge in [0, 0.05) is 6.04 Å². The SMILES string of the molecule is COc1ccc(S(N)(=O)=O)cc1NC1CCCC(C)C1C. The van der Waals surface area contributed by atoms with Gasteiger partial charge in [0.25, 0.3) is 0 Å². The lowest BCUT2D eigenvalue weighted by molar-refractivity contribution is 0.252. The van der Waals surface area contributed by atoms with Crippen molar-refractivity contribution in [1.29, 1.82) is 0 Å². The van der Waals surface area contributed by atoms with Crippen LogP contribution in [-0.2, 0) is 10.0 Å². The molecule has 0 bridgehead atoms. The van der Waals surface area contributed by atoms with Crippen molar-refractivity contribution < 1.29 is 13.2 Å². The Morgan fingerprint density at radius 1 is 1.29 bits per heavy atom. The van der Waals surface area contributed by atoms with Gasteiger partial charge in [-0.2, -0.15) is 0 Å². The molecule has 21 heavy (non-hydrogen) atoms. The van der Waals surface area contributed by atoms with E-state index in [-0.39, 0.29) is 4.90 Å². The highest BCUT2D eigenvalue weighted by Crippen LogP contribution is 2.34. The number of benzene rings is 1. The number of nitrogens with one attached hydrogen (secondary N) is 1. The topological polar surface area (TPSA) is 81.4 Å². The fourth-order valence-corrected chi connectivity index (χ4v) is 3.50. The number of hydrogen-bond acceptors (Lipinski definition) is 4. The van der Waals surface area contributed by atoms with Crippen molar-refractivity contribution in [3.63, 3.8) is 0 Å². The maximum absolute atomic E-state index is 11.5. The Morgan fingerprint density at radius 2 is 2.00 bits per heavy atom. The zero-order chi connectivity index (χ0) is 15.6. The predicted octanol–water partition coefficient (Wildman–Crippen LogP) is 2.58. The molecule has 0 heterocycles. The van der Waals surface area contributed by atoms with Crippen LogP contribution in [0.15, 0.2) is 23.1 Å². The van der Waals surface area contributed by atoms with Crippen molar-refractivity contribution in [1.82, 2.24) is 0 Å². The van der Waals surface area contributed by atoms with Crippen LogP contribution in [-0.4, -0.2) is 21.6 Å². The second-order valence-electron chi connectivity index (χ2n) is 5.93. The van der Waals surface area contributed by atoms with E-state index in [9.17, 15) is 8.42 Å². The molecule has 0 radical (unpaired) electrons. The number of nitrogens with two attached hydrogens (primary N) is 1. The molecule has 1 aliphatic carbocycles. The molecule has 6 heteroatoms. The first-order chi connectivity index (χ1) is 9.82. The van der Waals surface area contributed by atoms with Gasteiger partial charge in [-0.3, -0.25) is 0 Å². The molecule has 2 rings (SSSR count). The van der Waals surface area contributed by atoms with Crippen molar-refractivity contribution in [2.24, 2.45) is 17.0 Å². The molecule has 0 saturated heterocycles. The van der Waals surface area contributed by atoms with Gasteiger partial charge in [0.15, 0.2) is 0 Å². The van der Waals surface area contributed by atoms with E-state index in [4.69, 9.17) is 9.88 Å². The van der Waals surface area contributed by atoms with Gasteiger partial charge in [-0.1, -0.05) is 26.7 Å². The molecule has 0 spiro atoms. The summed E-state index contributed by atoms with van der Waals surface area (Å²) in [5, 5.41) is 8.65. The lowest BCUT2D eigenvalue weighted by Gasteiger charge is -2.35. The monoisotopic (exact) mass is 312 g/mol. The first-order valence-electron chi connectivity index (χ1n) is 7.30. The van der Waals surface area contributed by atoms with Crippen LogP contribution in [0.5, 0.6) is 5.75 Å². The van der Waals surface area contributed by atoms with Gasteiger partial charge in [0.1, 0.15) is 5.75 Å². The molecule has 3 unspecified atom stereocenters. The van der Waals surface area contributed by atoms with E-state index in [1.165, 1.54) is 18.9 Å². The summed E-state index contributed by atoms with van der Waals surface area (Å²) in [6.45, 7) is 4.49. The number of primary sulfonamides is 1. The fourth-order valence-electron chi connectivity index (χ4n) is 2.96. The molecule has 3 atom stereocenters. The number of ether oxygens (including phenoxy) is 1. The van der Waals surface area contributed by atoms with E-state index >= 15 is 0 Å². The Kier molecular flexibility index (Phi) is 4.78. The second kappa shape index (κ2) is 6.23. The normalized spacial score (nSPS) is 26.4. The van der Waals surface area contributed by atoms with Gasteiger partial charge >= 0.3 is 0 Å². The number of anilines is 1. The van der Waals surface area contributed by atoms with Gasteiger partial charge in [-0.15, -0.1) is 0 Å². The highest BCUT2D eigenvalue weighted by molar-refractivity contribution is 7.89. The maximum Gasteiger partial charge on any atom is 0.238 e. The van der Waals surface area contributed by atoms with Crippen LogP contribution in [0, 0.1) is 11.8 Å². The summed E-state index contributed by atoms with van der Waals surface area (Å²) in [6, 6.07) is 4.98. The molecule has 1 aliphatic rings. The minimum absolute atomic E-state index is 0.0994. The zero-order valence-electron chi connectivity index (χ0n) is 12.8. The molecule has 0 amide bonds. The third kappa shape index (κ3) is 3.68. The van der Waals surface area contributed by atoms with Crippen LogP contribution < -0.4 is 15.2 Å². The Morgan fingerprint density at radius 3 is 2.62 bits per heavy atom. The molecule has 1 fully saturated rings. The number of methoxy groups -OCH3 is 1. The van der Waals surface area contributed by atoms with Gasteiger partial charge in [0.2, 0.25) is 10.0 Å². The lowest BCUT2D eigenvalue weighted by Crippen LogP contribution is -2.35. The van der Waals surface area contributed by atoms with E-state index in [2.05, 4.69) is 19.2 Å². The van der Waals surface area contributed by atoms with Crippen LogP contribution in [0.25, 0.3) is 0 Å². The third-order valence-corrected chi connectivity index (χ3v) is 5.46. The predicted molar refractivity (Wildman–Crippen MR) is 84.0 cm³/mol. The molecule has 3 N–H and O–H groups in total. The second-order valence-corrected chi connectivity index (χ2v) is 7.49. The van der Waals surface area contributed by atoms with Crippen molar-refractivity contribution in [2.45, 2.75) is 44.0 Å². The molecule has 1 aromatic carbocycles. The largest absolute Gasteiger partial charge is 0.495 e. The van der Waals surface area contributed by atoms with Crippen LogP contribution in [0.4, 0.5) is 5.69 Å². The lowest BCUT2D eigenvalue weighted by atomic mass is 9.78. The summed E-state index contributed by atoms with van der Waals surface area (Å²) in [5.74, 6) is 1.82. The Bertz CT molecular complexity index is 601. The standard InChI is InChI=1S/C15H24N2O3S/c1-10-5-4-6-13(11(10)2)17-14-9-12(21(16,18)19)7-8-15(14)20-3/h7-11,13,17H,4-6H2,1-3H3,(H2,16,18,19). The minimum Gasteiger partial charge on any atom is -0.495 e. The van der Waals surface area contributed by atoms with Crippen molar-refractivity contribution in [3.8, 4) is 5.75 Å². The summed E-state index contributed by atoms with van der Waals surface area (Å²) in [4.78, 5) is 0.0994. The van der Waals surface area contributed by atoms with E-state index in [0.717, 1.165) is 6.42 Å². The van der Waals surface area contributed by atoms with E-state index in [1.807, 2.05) is 0 Å². The molecule has 1 saturated carbocycles. The smallest absolute Gasteiger partial charge is 0.238 e. The third-order valence-electron chi connectivity index (χ3n) is 4.55. The van der Waals surface area contributed by atoms with Crippen molar-refractivity contribution in [3.05, 3.63) is 18.2 Å². The van der Waals surface area contributed by atoms with Crippen LogP contribution in [0.1, 0.15) is 33.1 Å². The van der Waals surface area contributed by atoms with E-state index in [1.54, 1.807) is 19.2 Å². The van der Waals surface area contributed by atoms with Crippen molar-refractivity contribution in [2.75, 3.05) is 12.4 Å². The summed E-state index contributed by atoms with van der Waals surface area (Å²) >= 11 is 0. The van der Waals surface area contributed by atoms with E-state index < -0.39 is 10.0 Å². The quantitative estimate of drug-likeness (QED) is 0.895. The zero-order valence-corrected chi connectivity index (χ0v) is 13.6. The molecule has 0 aromatic heterocycles. The number of sulfonamides is 1. The average Bonchev–Trinajstić information content (AvgIpc) is 2.43. The molecular weight excluding hydrogens is 288 g/mol. The summed E-state index contributed by atoms with van der Waals surface area (Å²) < 4.78 is 28.3. The number of rotatable bonds is 4. The van der Waals surface area contributed by atoms with Crippen molar-refractivity contribution >= 4 is 15.7 Å². The molecule has 118 valence electrons. The maximum atomic E-state index is 11.5. The van der Waals surface area contributed by atoms with Gasteiger partial charge < -0.3 is 10.1 Å². The number of hydrogen-bond donors (Lipinski definition) is 2. The van der Waals surface area contributed by atoms with Gasteiger partial charge in [-0.05, 0) is 36.5 Å². The summed E-state index contributed by atoms with van der Waals surface area (Å²) in [7, 11) is -2.14. The summed E-state index contributed by atoms with van der Waals surface area (Å²) in [5.41, 5.74) is 0.690. The highest BCUT2D eigenvalue weighted by Gasteiger charge is 2.27. The van der Waals surface area contributed by atoms with Gasteiger partial charge in [-0.25, -0.2) is 13.6 Å². The summed E-state index contributed by atoms with van der Waals surface area (Å²) in [6.07, 6.45) is 3.50. The first-order valence-corrected chi connectivity index (χ1v) is 8.85. The highest BCUT2D eigenvalue weighted by atomic mass is 32.2. The molecule has 0 aliphatic heterocycles. The fraction of sp³-hybridized carbons (Fsp3) is 0.600. The minimum atomic E-state index is -3.71. The first kappa shape index (κ1) is 16.1. The van der Waals surface area contributed by atoms with Crippen LogP contribution in [0.2, 0.25) is 0 Å². The van der Waals surface area contributed by atoms with Crippen LogP contribution >= 0.6 is 0 Å². The Hall–Kier alpha value is -1.27. The Labute approximate surface area is 126 Å². The van der Waals surface area contributed by atoms with Crippen LogP contribution in [0.3, 0.4) is 0 Å². The Balaban J connectivity index is 2.29. The van der Waals surface area contributed by atoms with Gasteiger partial charge in [0.05, 0.1) is 17.7 Å². The van der Waals surface area contributed by atoms with E-state index in [0.29, 0.717) is 29.3 Å². The average molecular weight is 312 g/mol. The molecule has 1 aromatic rings.